The van der Waals surface area contributed by atoms with Crippen LogP contribution in [0.4, 0.5) is 5.13 Å². The molecule has 1 aliphatic heterocycles. The van der Waals surface area contributed by atoms with Gasteiger partial charge >= 0.3 is 5.97 Å². The Bertz CT molecular complexity index is 339. The van der Waals surface area contributed by atoms with E-state index in [0.29, 0.717) is 5.92 Å². The first-order valence-corrected chi connectivity index (χ1v) is 5.95. The highest BCUT2D eigenvalue weighted by molar-refractivity contribution is 7.13. The maximum absolute atomic E-state index is 11.1. The van der Waals surface area contributed by atoms with Crippen LogP contribution < -0.4 is 4.90 Å². The van der Waals surface area contributed by atoms with Gasteiger partial charge in [-0.2, -0.15) is 0 Å². The smallest absolute Gasteiger partial charge is 0.326 e. The molecule has 1 fully saturated rings. The molecule has 0 radical (unpaired) electrons. The minimum absolute atomic E-state index is 0.403. The Hall–Kier alpha value is -1.10. The molecule has 1 N–H and O–H groups in total. The Morgan fingerprint density at radius 1 is 1.73 bits per heavy atom. The number of piperidine rings is 1. The maximum atomic E-state index is 11.1. The van der Waals surface area contributed by atoms with Crippen molar-refractivity contribution in [2.75, 3.05) is 11.4 Å². The summed E-state index contributed by atoms with van der Waals surface area (Å²) >= 11 is 1.50. The first-order chi connectivity index (χ1) is 7.18. The second-order valence-electron chi connectivity index (χ2n) is 3.99. The summed E-state index contributed by atoms with van der Waals surface area (Å²) in [6.07, 6.45) is 3.48. The molecule has 82 valence electrons. The van der Waals surface area contributed by atoms with E-state index in [1.807, 2.05) is 10.3 Å². The lowest BCUT2D eigenvalue weighted by Crippen LogP contribution is -2.46. The van der Waals surface area contributed by atoms with Crippen molar-refractivity contribution in [3.8, 4) is 0 Å². The fourth-order valence-corrected chi connectivity index (χ4v) is 2.68. The van der Waals surface area contributed by atoms with E-state index in [4.69, 9.17) is 5.11 Å². The molecule has 0 saturated carbocycles. The van der Waals surface area contributed by atoms with Gasteiger partial charge < -0.3 is 10.0 Å². The van der Waals surface area contributed by atoms with Crippen LogP contribution in [0, 0.1) is 5.92 Å². The van der Waals surface area contributed by atoms with Crippen LogP contribution in [0.5, 0.6) is 0 Å². The number of hydrogen-bond acceptors (Lipinski definition) is 4. The van der Waals surface area contributed by atoms with E-state index < -0.39 is 12.0 Å². The molecule has 5 heteroatoms. The average Bonchev–Trinajstić information content (AvgIpc) is 2.70. The van der Waals surface area contributed by atoms with Crippen molar-refractivity contribution in [1.29, 1.82) is 0 Å². The van der Waals surface area contributed by atoms with Gasteiger partial charge in [0.15, 0.2) is 5.13 Å². The molecule has 2 atom stereocenters. The lowest BCUT2D eigenvalue weighted by atomic mass is 9.93. The van der Waals surface area contributed by atoms with E-state index in [-0.39, 0.29) is 0 Å². The molecule has 1 aliphatic rings. The van der Waals surface area contributed by atoms with E-state index in [1.165, 1.54) is 11.3 Å². The Morgan fingerprint density at radius 3 is 3.13 bits per heavy atom. The first-order valence-electron chi connectivity index (χ1n) is 5.07. The third-order valence-electron chi connectivity index (χ3n) is 2.81. The minimum atomic E-state index is -0.739. The van der Waals surface area contributed by atoms with Crippen molar-refractivity contribution in [3.63, 3.8) is 0 Å². The summed E-state index contributed by atoms with van der Waals surface area (Å²) in [4.78, 5) is 17.2. The van der Waals surface area contributed by atoms with Crippen molar-refractivity contribution in [3.05, 3.63) is 11.6 Å². The monoisotopic (exact) mass is 226 g/mol. The number of rotatable bonds is 2. The third kappa shape index (κ3) is 2.12. The number of aliphatic carboxylic acids is 1. The van der Waals surface area contributed by atoms with Crippen LogP contribution in [0.1, 0.15) is 19.8 Å². The van der Waals surface area contributed by atoms with E-state index in [9.17, 15) is 4.79 Å². The molecule has 0 spiro atoms. The number of thiazole rings is 1. The zero-order valence-electron chi connectivity index (χ0n) is 8.59. The fraction of sp³-hybridized carbons (Fsp3) is 0.600. The van der Waals surface area contributed by atoms with Gasteiger partial charge in [-0.15, -0.1) is 11.3 Å². The highest BCUT2D eigenvalue weighted by atomic mass is 32.1. The number of aromatic nitrogens is 1. The minimum Gasteiger partial charge on any atom is -0.480 e. The summed E-state index contributed by atoms with van der Waals surface area (Å²) in [6.45, 7) is 2.90. The lowest BCUT2D eigenvalue weighted by Gasteiger charge is -2.35. The zero-order valence-corrected chi connectivity index (χ0v) is 9.41. The van der Waals surface area contributed by atoms with Gasteiger partial charge in [0, 0.05) is 18.1 Å². The average molecular weight is 226 g/mol. The summed E-state index contributed by atoms with van der Waals surface area (Å²) in [5.41, 5.74) is 0. The van der Waals surface area contributed by atoms with Crippen molar-refractivity contribution >= 4 is 22.4 Å². The van der Waals surface area contributed by atoms with Crippen LogP contribution in [-0.4, -0.2) is 28.6 Å². The van der Waals surface area contributed by atoms with Crippen LogP contribution in [0.15, 0.2) is 11.6 Å². The molecule has 0 bridgehead atoms. The van der Waals surface area contributed by atoms with Crippen LogP contribution in [0.25, 0.3) is 0 Å². The number of anilines is 1. The van der Waals surface area contributed by atoms with Gasteiger partial charge in [-0.05, 0) is 18.8 Å². The van der Waals surface area contributed by atoms with Gasteiger partial charge in [0.05, 0.1) is 0 Å². The van der Waals surface area contributed by atoms with Crippen molar-refractivity contribution in [2.45, 2.75) is 25.8 Å². The summed E-state index contributed by atoms with van der Waals surface area (Å²) in [7, 11) is 0. The molecule has 1 aromatic rings. The highest BCUT2D eigenvalue weighted by Crippen LogP contribution is 2.29. The summed E-state index contributed by atoms with van der Waals surface area (Å²) in [5, 5.41) is 11.9. The molecular formula is C10H14N2O2S. The standard InChI is InChI=1S/C10H14N2O2S/c1-7-2-4-12(8(6-7)9(13)14)10-11-3-5-15-10/h3,5,7-8H,2,4,6H2,1H3,(H,13,14). The zero-order chi connectivity index (χ0) is 10.8. The molecule has 2 unspecified atom stereocenters. The number of nitrogens with zero attached hydrogens (tertiary/aromatic N) is 2. The number of carboxylic acid groups (broad SMARTS) is 1. The normalized spacial score (nSPS) is 26.6. The van der Waals surface area contributed by atoms with Gasteiger partial charge in [-0.25, -0.2) is 9.78 Å². The summed E-state index contributed by atoms with van der Waals surface area (Å²) in [6, 6.07) is -0.403. The maximum Gasteiger partial charge on any atom is 0.326 e. The Labute approximate surface area is 92.6 Å². The third-order valence-corrected chi connectivity index (χ3v) is 3.62. The Balaban J connectivity index is 2.19. The molecule has 4 nitrogen and oxygen atoms in total. The van der Waals surface area contributed by atoms with Crippen molar-refractivity contribution < 1.29 is 9.90 Å². The van der Waals surface area contributed by atoms with Gasteiger partial charge in [0.25, 0.3) is 0 Å². The van der Waals surface area contributed by atoms with Gasteiger partial charge in [0.1, 0.15) is 6.04 Å². The summed E-state index contributed by atoms with van der Waals surface area (Å²) < 4.78 is 0. The van der Waals surface area contributed by atoms with Crippen molar-refractivity contribution in [1.82, 2.24) is 4.98 Å². The largest absolute Gasteiger partial charge is 0.480 e. The molecule has 0 amide bonds. The number of carbonyl (C=O) groups is 1. The predicted molar refractivity (Wildman–Crippen MR) is 59.3 cm³/mol. The van der Waals surface area contributed by atoms with Crippen LogP contribution in [0.2, 0.25) is 0 Å². The van der Waals surface area contributed by atoms with E-state index in [1.54, 1.807) is 6.20 Å². The summed E-state index contributed by atoms with van der Waals surface area (Å²) in [5.74, 6) is -0.251. The van der Waals surface area contributed by atoms with Crippen molar-refractivity contribution in [2.24, 2.45) is 5.92 Å². The topological polar surface area (TPSA) is 53.4 Å². The number of hydrogen-bond donors (Lipinski definition) is 1. The molecule has 2 heterocycles. The van der Waals surface area contributed by atoms with Gasteiger partial charge in [-0.3, -0.25) is 0 Å². The molecule has 1 aromatic heterocycles. The van der Waals surface area contributed by atoms with E-state index in [0.717, 1.165) is 24.5 Å². The Kier molecular flexibility index (Phi) is 2.90. The first kappa shape index (κ1) is 10.4. The molecule has 1 saturated heterocycles. The molecule has 0 aromatic carbocycles. The van der Waals surface area contributed by atoms with Gasteiger partial charge in [-0.1, -0.05) is 6.92 Å². The Morgan fingerprint density at radius 2 is 2.53 bits per heavy atom. The molecule has 0 aliphatic carbocycles. The van der Waals surface area contributed by atoms with E-state index in [2.05, 4.69) is 11.9 Å². The second-order valence-corrected chi connectivity index (χ2v) is 4.86. The van der Waals surface area contributed by atoms with Crippen LogP contribution in [0.3, 0.4) is 0 Å². The van der Waals surface area contributed by atoms with Gasteiger partial charge in [0.2, 0.25) is 0 Å². The fourth-order valence-electron chi connectivity index (χ4n) is 1.96. The predicted octanol–water partition coefficient (Wildman–Crippen LogP) is 1.83. The van der Waals surface area contributed by atoms with Crippen LogP contribution in [-0.2, 0) is 4.79 Å². The quantitative estimate of drug-likeness (QED) is 0.836. The number of carboxylic acids is 1. The molecule has 2 rings (SSSR count). The molecular weight excluding hydrogens is 212 g/mol. The molecule has 15 heavy (non-hydrogen) atoms. The second kappa shape index (κ2) is 4.18. The SMILES string of the molecule is CC1CCN(c2nccs2)C(C(=O)O)C1. The highest BCUT2D eigenvalue weighted by Gasteiger charge is 2.32. The van der Waals surface area contributed by atoms with E-state index >= 15 is 0 Å². The van der Waals surface area contributed by atoms with Crippen LogP contribution >= 0.6 is 11.3 Å². The lowest BCUT2D eigenvalue weighted by molar-refractivity contribution is -0.139.